The molecule has 0 fully saturated rings. The lowest BCUT2D eigenvalue weighted by Crippen LogP contribution is -1.91. The Morgan fingerprint density at radius 2 is 1.75 bits per heavy atom. The van der Waals surface area contributed by atoms with Gasteiger partial charge in [-0.05, 0) is 30.5 Å². The van der Waals surface area contributed by atoms with Gasteiger partial charge in [-0.1, -0.05) is 68.7 Å². The van der Waals surface area contributed by atoms with Crippen LogP contribution in [0.5, 0.6) is 0 Å². The first kappa shape index (κ1) is 14.5. The molecule has 0 bridgehead atoms. The third kappa shape index (κ3) is 4.34. The molecule has 20 heavy (non-hydrogen) atoms. The van der Waals surface area contributed by atoms with E-state index < -0.39 is 0 Å². The molecule has 0 saturated carbocycles. The Hall–Kier alpha value is -1.89. The summed E-state index contributed by atoms with van der Waals surface area (Å²) in [6, 6.07) is 16.7. The van der Waals surface area contributed by atoms with E-state index in [4.69, 9.17) is 0 Å². The van der Waals surface area contributed by atoms with Crippen molar-refractivity contribution >= 4 is 5.57 Å². The van der Waals surface area contributed by atoms with E-state index in [-0.39, 0.29) is 0 Å². The van der Waals surface area contributed by atoms with E-state index in [1.54, 1.807) is 0 Å². The Kier molecular flexibility index (Phi) is 6.04. The van der Waals surface area contributed by atoms with Crippen molar-refractivity contribution in [3.8, 4) is 0 Å². The molecule has 0 aliphatic rings. The Balaban J connectivity index is 2.15. The van der Waals surface area contributed by atoms with Crippen LogP contribution in [0, 0.1) is 0 Å². The second-order valence-electron chi connectivity index (χ2n) is 5.05. The molecule has 2 aromatic rings. The maximum Gasteiger partial charge on any atom is 0.0704 e. The van der Waals surface area contributed by atoms with Gasteiger partial charge in [0.15, 0.2) is 0 Å². The number of hydrogen-bond acceptors (Lipinski definition) is 1. The third-order valence-electron chi connectivity index (χ3n) is 3.43. The molecule has 104 valence electrons. The molecule has 0 saturated heterocycles. The van der Waals surface area contributed by atoms with Crippen molar-refractivity contribution in [3.63, 3.8) is 0 Å². The second kappa shape index (κ2) is 8.31. The summed E-state index contributed by atoms with van der Waals surface area (Å²) < 4.78 is 0. The highest BCUT2D eigenvalue weighted by Gasteiger charge is 2.04. The minimum Gasteiger partial charge on any atom is -0.256 e. The molecular formula is C19H23N. The molecule has 0 atom stereocenters. The van der Waals surface area contributed by atoms with Crippen LogP contribution in [0.1, 0.15) is 50.3 Å². The minimum absolute atomic E-state index is 1.06. The van der Waals surface area contributed by atoms with Gasteiger partial charge in [0.2, 0.25) is 0 Å². The smallest absolute Gasteiger partial charge is 0.0704 e. The van der Waals surface area contributed by atoms with Crippen LogP contribution < -0.4 is 0 Å². The number of benzene rings is 1. The second-order valence-corrected chi connectivity index (χ2v) is 5.05. The summed E-state index contributed by atoms with van der Waals surface area (Å²) in [5.74, 6) is 0. The average Bonchev–Trinajstić information content (AvgIpc) is 2.53. The van der Waals surface area contributed by atoms with E-state index >= 15 is 0 Å². The first-order valence-electron chi connectivity index (χ1n) is 7.59. The van der Waals surface area contributed by atoms with Gasteiger partial charge >= 0.3 is 0 Å². The number of hydrogen-bond donors (Lipinski definition) is 0. The van der Waals surface area contributed by atoms with E-state index in [0.29, 0.717) is 0 Å². The van der Waals surface area contributed by atoms with Gasteiger partial charge in [0, 0.05) is 11.8 Å². The van der Waals surface area contributed by atoms with Crippen LogP contribution in [0.4, 0.5) is 0 Å². The van der Waals surface area contributed by atoms with Crippen LogP contribution in [0.25, 0.3) is 5.57 Å². The van der Waals surface area contributed by atoms with Crippen LogP contribution >= 0.6 is 0 Å². The predicted octanol–water partition coefficient (Wildman–Crippen LogP) is 5.48. The first-order valence-corrected chi connectivity index (χ1v) is 7.59. The maximum absolute atomic E-state index is 4.50. The van der Waals surface area contributed by atoms with E-state index in [9.17, 15) is 0 Å². The fraction of sp³-hybridized carbons (Fsp3) is 0.316. The highest BCUT2D eigenvalue weighted by Crippen LogP contribution is 2.22. The Labute approximate surface area is 122 Å². The summed E-state index contributed by atoms with van der Waals surface area (Å²) >= 11 is 0. The molecule has 0 N–H and O–H groups in total. The van der Waals surface area contributed by atoms with Crippen molar-refractivity contribution in [1.82, 2.24) is 4.98 Å². The summed E-state index contributed by atoms with van der Waals surface area (Å²) in [7, 11) is 0. The van der Waals surface area contributed by atoms with Crippen molar-refractivity contribution < 1.29 is 0 Å². The van der Waals surface area contributed by atoms with Crippen LogP contribution in [0.2, 0.25) is 0 Å². The lowest BCUT2D eigenvalue weighted by Gasteiger charge is -2.07. The largest absolute Gasteiger partial charge is 0.256 e. The number of nitrogens with zero attached hydrogens (tertiary/aromatic N) is 1. The van der Waals surface area contributed by atoms with Gasteiger partial charge in [0.05, 0.1) is 5.69 Å². The fourth-order valence-corrected chi connectivity index (χ4v) is 2.33. The molecule has 0 amide bonds. The summed E-state index contributed by atoms with van der Waals surface area (Å²) in [5, 5.41) is 0. The minimum atomic E-state index is 1.06. The molecule has 2 rings (SSSR count). The van der Waals surface area contributed by atoms with Crippen LogP contribution in [0.15, 0.2) is 60.8 Å². The van der Waals surface area contributed by atoms with Gasteiger partial charge in [0.25, 0.3) is 0 Å². The zero-order valence-electron chi connectivity index (χ0n) is 12.3. The number of allylic oxidation sites excluding steroid dienone is 1. The molecule has 0 unspecified atom stereocenters. The molecule has 1 nitrogen and oxygen atoms in total. The van der Waals surface area contributed by atoms with Crippen LogP contribution in [-0.4, -0.2) is 4.98 Å². The number of unbranched alkanes of at least 4 members (excludes halogenated alkanes) is 4. The summed E-state index contributed by atoms with van der Waals surface area (Å²) in [6.45, 7) is 2.25. The number of pyridine rings is 1. The molecular weight excluding hydrogens is 242 g/mol. The van der Waals surface area contributed by atoms with Gasteiger partial charge in [0.1, 0.15) is 0 Å². The molecule has 1 aromatic heterocycles. The van der Waals surface area contributed by atoms with Gasteiger partial charge in [-0.25, -0.2) is 0 Å². The van der Waals surface area contributed by atoms with E-state index in [1.165, 1.54) is 36.8 Å². The van der Waals surface area contributed by atoms with Crippen molar-refractivity contribution in [2.24, 2.45) is 0 Å². The molecule has 0 aliphatic heterocycles. The van der Waals surface area contributed by atoms with Crippen LogP contribution in [0.3, 0.4) is 0 Å². The highest BCUT2D eigenvalue weighted by atomic mass is 14.7. The Morgan fingerprint density at radius 3 is 2.45 bits per heavy atom. The molecule has 0 spiro atoms. The summed E-state index contributed by atoms with van der Waals surface area (Å²) in [6.07, 6.45) is 10.5. The van der Waals surface area contributed by atoms with Gasteiger partial charge < -0.3 is 0 Å². The van der Waals surface area contributed by atoms with Crippen molar-refractivity contribution in [2.45, 2.75) is 39.0 Å². The van der Waals surface area contributed by atoms with E-state index in [0.717, 1.165) is 12.1 Å². The highest BCUT2D eigenvalue weighted by molar-refractivity contribution is 5.77. The summed E-state index contributed by atoms with van der Waals surface area (Å²) in [4.78, 5) is 4.50. The maximum atomic E-state index is 4.50. The van der Waals surface area contributed by atoms with Crippen LogP contribution in [-0.2, 0) is 0 Å². The zero-order valence-corrected chi connectivity index (χ0v) is 12.3. The number of rotatable bonds is 7. The van der Waals surface area contributed by atoms with E-state index in [1.807, 2.05) is 12.3 Å². The van der Waals surface area contributed by atoms with Gasteiger partial charge in [-0.2, -0.15) is 0 Å². The van der Waals surface area contributed by atoms with Crippen molar-refractivity contribution in [1.29, 1.82) is 0 Å². The fourth-order valence-electron chi connectivity index (χ4n) is 2.33. The third-order valence-corrected chi connectivity index (χ3v) is 3.43. The molecule has 0 radical (unpaired) electrons. The van der Waals surface area contributed by atoms with Gasteiger partial charge in [-0.15, -0.1) is 0 Å². The van der Waals surface area contributed by atoms with Crippen molar-refractivity contribution in [2.75, 3.05) is 0 Å². The Bertz CT molecular complexity index is 472. The number of aromatic nitrogens is 1. The average molecular weight is 265 g/mol. The normalized spacial score (nSPS) is 11.6. The molecule has 1 heteroatoms. The standard InChI is InChI=1S/C19H23N/c1-2-3-4-5-9-14-18(17-12-7-6-8-13-17)19-15-10-11-16-20-19/h6-8,10-16H,2-5,9H2,1H3/b18-14-. The lowest BCUT2D eigenvalue weighted by atomic mass is 10.00. The summed E-state index contributed by atoms with van der Waals surface area (Å²) in [5.41, 5.74) is 3.57. The van der Waals surface area contributed by atoms with Crippen molar-refractivity contribution in [3.05, 3.63) is 72.1 Å². The molecule has 0 aliphatic carbocycles. The zero-order chi connectivity index (χ0) is 14.0. The monoisotopic (exact) mass is 265 g/mol. The SMILES string of the molecule is CCCCCC/C=C(/c1ccccc1)c1ccccn1. The topological polar surface area (TPSA) is 12.9 Å². The first-order chi connectivity index (χ1) is 9.92. The van der Waals surface area contributed by atoms with E-state index in [2.05, 4.69) is 60.4 Å². The molecule has 1 heterocycles. The van der Waals surface area contributed by atoms with Gasteiger partial charge in [-0.3, -0.25) is 4.98 Å². The predicted molar refractivity (Wildman–Crippen MR) is 86.5 cm³/mol. The quantitative estimate of drug-likeness (QED) is 0.604. The lowest BCUT2D eigenvalue weighted by molar-refractivity contribution is 0.675. The molecule has 1 aromatic carbocycles. The Morgan fingerprint density at radius 1 is 0.950 bits per heavy atom.